The number of amides is 6. The Hall–Kier alpha value is -5.37. The number of fused-ring (bicyclic) bond motifs is 1. The Bertz CT molecular complexity index is 1860. The third-order valence-corrected chi connectivity index (χ3v) is 10.6. The van der Waals surface area contributed by atoms with E-state index in [4.69, 9.17) is 4.74 Å². The molecule has 3 aromatic rings. The average Bonchev–Trinajstić information content (AvgIpc) is 3.61. The topological polar surface area (TPSA) is 175 Å². The molecule has 5 N–H and O–H groups in total. The van der Waals surface area contributed by atoms with Crippen molar-refractivity contribution in [1.82, 2.24) is 31.5 Å². The number of benzene rings is 3. The molecule has 2 saturated heterocycles. The van der Waals surface area contributed by atoms with Crippen molar-refractivity contribution in [3.05, 3.63) is 90.0 Å². The molecule has 13 nitrogen and oxygen atoms in total. The molecule has 6 atom stereocenters. The summed E-state index contributed by atoms with van der Waals surface area (Å²) in [7, 11) is 1.60. The first-order valence-electron chi connectivity index (χ1n) is 18.5. The highest BCUT2D eigenvalue weighted by Crippen LogP contribution is 2.30. The van der Waals surface area contributed by atoms with Crippen molar-refractivity contribution in [3.8, 4) is 16.9 Å². The smallest absolute Gasteiger partial charge is 0.251 e. The molecule has 2 fully saturated rings. The first-order chi connectivity index (χ1) is 26.4. The summed E-state index contributed by atoms with van der Waals surface area (Å²) in [5.74, 6) is -2.12. The Morgan fingerprint density at radius 2 is 1.56 bits per heavy atom. The molecule has 5 rings (SSSR count). The highest BCUT2D eigenvalue weighted by Gasteiger charge is 2.44. The lowest BCUT2D eigenvalue weighted by Crippen LogP contribution is -2.59. The highest BCUT2D eigenvalue weighted by atomic mass is 32.2. The Morgan fingerprint density at radius 3 is 2.24 bits per heavy atom. The monoisotopic (exact) mass is 770 g/mol. The van der Waals surface area contributed by atoms with Gasteiger partial charge in [-0.05, 0) is 67.0 Å². The maximum Gasteiger partial charge on any atom is 0.251 e. The minimum Gasteiger partial charge on any atom is -0.496 e. The quantitative estimate of drug-likeness (QED) is 0.221. The maximum atomic E-state index is 14.3. The zero-order valence-electron chi connectivity index (χ0n) is 31.8. The number of methoxy groups -OCH3 is 1. The van der Waals surface area contributed by atoms with E-state index in [1.54, 1.807) is 57.4 Å². The number of hydrogen-bond donors (Lipinski definition) is 5. The predicted molar refractivity (Wildman–Crippen MR) is 211 cm³/mol. The van der Waals surface area contributed by atoms with Gasteiger partial charge < -0.3 is 36.2 Å². The van der Waals surface area contributed by atoms with Crippen molar-refractivity contribution in [2.75, 3.05) is 25.7 Å². The standard InChI is InChI=1S/C41H50N6O7S/c1-24(2)36-41(53)47-23-29(43-38(50)28-17-15-26(16-18-28)30-13-9-10-14-34(30)54-4)21-33(47)40(52)42-25(3)37(49)45-32(27-11-7-6-8-12-27)22-35(48)44-31(19-20-55-5)39(51)46-36/h6-18,24-25,29,31-33,36H,19-23H2,1-5H3,(H,42,52)(H,43,50)(H,44,48)(H,45,49)(H,46,51)/t25-,29-,31-,32-,33-,36-/m0/s1. The zero-order chi connectivity index (χ0) is 39.6. The lowest BCUT2D eigenvalue weighted by Gasteiger charge is -2.32. The summed E-state index contributed by atoms with van der Waals surface area (Å²) < 4.78 is 5.48. The average molecular weight is 771 g/mol. The van der Waals surface area contributed by atoms with Crippen LogP contribution in [-0.4, -0.2) is 96.2 Å². The molecule has 0 saturated carbocycles. The predicted octanol–water partition coefficient (Wildman–Crippen LogP) is 3.21. The Balaban J connectivity index is 1.41. The van der Waals surface area contributed by atoms with Gasteiger partial charge in [-0.25, -0.2) is 0 Å². The molecule has 0 radical (unpaired) electrons. The Kier molecular flexibility index (Phi) is 13.9. The van der Waals surface area contributed by atoms with Gasteiger partial charge in [-0.1, -0.05) is 74.5 Å². The van der Waals surface area contributed by atoms with E-state index in [9.17, 15) is 28.8 Å². The van der Waals surface area contributed by atoms with Crippen molar-refractivity contribution in [2.45, 2.75) is 76.3 Å². The zero-order valence-corrected chi connectivity index (χ0v) is 32.6. The lowest BCUT2D eigenvalue weighted by molar-refractivity contribution is -0.143. The summed E-state index contributed by atoms with van der Waals surface area (Å²) in [6.07, 6.45) is 2.12. The largest absolute Gasteiger partial charge is 0.496 e. The van der Waals surface area contributed by atoms with Gasteiger partial charge in [0, 0.05) is 23.7 Å². The number of carbonyl (C=O) groups is 6. The minimum absolute atomic E-state index is 0.00958. The molecule has 14 heteroatoms. The number of nitrogens with zero attached hydrogens (tertiary/aromatic N) is 1. The fourth-order valence-corrected chi connectivity index (χ4v) is 7.36. The summed E-state index contributed by atoms with van der Waals surface area (Å²) in [5, 5.41) is 14.3. The molecule has 6 amide bonds. The number of ether oxygens (including phenoxy) is 1. The minimum atomic E-state index is -1.05. The van der Waals surface area contributed by atoms with E-state index in [0.717, 1.165) is 11.1 Å². The van der Waals surface area contributed by atoms with Gasteiger partial charge >= 0.3 is 0 Å². The summed E-state index contributed by atoms with van der Waals surface area (Å²) in [4.78, 5) is 84.0. The summed E-state index contributed by atoms with van der Waals surface area (Å²) in [6.45, 7) is 5.09. The number of thioether (sulfide) groups is 1. The van der Waals surface area contributed by atoms with Crippen LogP contribution in [0, 0.1) is 5.92 Å². The van der Waals surface area contributed by atoms with Crippen LogP contribution in [0.15, 0.2) is 78.9 Å². The molecule has 0 bridgehead atoms. The van der Waals surface area contributed by atoms with Crippen LogP contribution in [0.3, 0.4) is 0 Å². The molecule has 3 aromatic carbocycles. The van der Waals surface area contributed by atoms with Gasteiger partial charge in [-0.3, -0.25) is 28.8 Å². The lowest BCUT2D eigenvalue weighted by atomic mass is 10.0. The van der Waals surface area contributed by atoms with E-state index in [1.807, 2.05) is 48.7 Å². The highest BCUT2D eigenvalue weighted by molar-refractivity contribution is 7.98. The van der Waals surface area contributed by atoms with Crippen LogP contribution >= 0.6 is 11.8 Å². The van der Waals surface area contributed by atoms with Gasteiger partial charge in [0.25, 0.3) is 5.91 Å². The van der Waals surface area contributed by atoms with Gasteiger partial charge in [0.2, 0.25) is 29.5 Å². The second kappa shape index (κ2) is 18.8. The first kappa shape index (κ1) is 40.8. The van der Waals surface area contributed by atoms with Gasteiger partial charge in [0.1, 0.15) is 29.9 Å². The van der Waals surface area contributed by atoms with E-state index in [1.165, 1.54) is 23.6 Å². The SMILES string of the molecule is COc1ccccc1-c1ccc(C(=O)N[C@H]2C[C@H]3C(=O)N[C@@H](C)C(=O)N[C@H](c4ccccc4)CC(=O)N[C@@H](CCSC)C(=O)N[C@@H](C(C)C)C(=O)N3C2)cc1. The van der Waals surface area contributed by atoms with Crippen molar-refractivity contribution in [2.24, 2.45) is 5.92 Å². The number of para-hydroxylation sites is 1. The molecule has 2 heterocycles. The molecule has 55 heavy (non-hydrogen) atoms. The molecule has 0 unspecified atom stereocenters. The van der Waals surface area contributed by atoms with Gasteiger partial charge in [-0.2, -0.15) is 11.8 Å². The number of rotatable bonds is 9. The molecule has 2 aliphatic heterocycles. The van der Waals surface area contributed by atoms with E-state index < -0.39 is 71.7 Å². The van der Waals surface area contributed by atoms with Crippen molar-refractivity contribution >= 4 is 47.2 Å². The third-order valence-electron chi connectivity index (χ3n) is 9.94. The van der Waals surface area contributed by atoms with Crippen molar-refractivity contribution in [1.29, 1.82) is 0 Å². The van der Waals surface area contributed by atoms with E-state index in [2.05, 4.69) is 26.6 Å². The normalized spacial score (nSPS) is 24.0. The number of hydrogen-bond acceptors (Lipinski definition) is 8. The van der Waals surface area contributed by atoms with Crippen LogP contribution in [0.5, 0.6) is 5.75 Å². The molecular weight excluding hydrogens is 721 g/mol. The maximum absolute atomic E-state index is 14.3. The molecule has 2 aliphatic rings. The van der Waals surface area contributed by atoms with E-state index in [-0.39, 0.29) is 25.3 Å². The Morgan fingerprint density at radius 1 is 0.873 bits per heavy atom. The molecule has 0 aromatic heterocycles. The molecular formula is C41H50N6O7S. The van der Waals surface area contributed by atoms with Gasteiger partial charge in [-0.15, -0.1) is 0 Å². The van der Waals surface area contributed by atoms with Crippen molar-refractivity contribution in [3.63, 3.8) is 0 Å². The molecule has 0 spiro atoms. The summed E-state index contributed by atoms with van der Waals surface area (Å²) in [6, 6.07) is 18.2. The van der Waals surface area contributed by atoms with Crippen LogP contribution in [-0.2, 0) is 24.0 Å². The summed E-state index contributed by atoms with van der Waals surface area (Å²) >= 11 is 1.51. The third kappa shape index (κ3) is 10.2. The van der Waals surface area contributed by atoms with E-state index >= 15 is 0 Å². The van der Waals surface area contributed by atoms with Crippen molar-refractivity contribution < 1.29 is 33.5 Å². The Labute approximate surface area is 326 Å². The fourth-order valence-electron chi connectivity index (χ4n) is 6.88. The van der Waals surface area contributed by atoms with Crippen LogP contribution in [0.2, 0.25) is 0 Å². The molecule has 292 valence electrons. The summed E-state index contributed by atoms with van der Waals surface area (Å²) in [5.41, 5.74) is 2.81. The van der Waals surface area contributed by atoms with Crippen LogP contribution in [0.25, 0.3) is 11.1 Å². The van der Waals surface area contributed by atoms with E-state index in [0.29, 0.717) is 29.1 Å². The second-order valence-electron chi connectivity index (χ2n) is 14.2. The first-order valence-corrected chi connectivity index (χ1v) is 19.9. The number of carbonyl (C=O) groups excluding carboxylic acids is 6. The van der Waals surface area contributed by atoms with Crippen LogP contribution in [0.1, 0.15) is 62.0 Å². The van der Waals surface area contributed by atoms with Gasteiger partial charge in [0.05, 0.1) is 19.6 Å². The van der Waals surface area contributed by atoms with Gasteiger partial charge in [0.15, 0.2) is 0 Å². The fraction of sp³-hybridized carbons (Fsp3) is 0.415. The molecule has 0 aliphatic carbocycles. The second-order valence-corrected chi connectivity index (χ2v) is 15.2. The van der Waals surface area contributed by atoms with Crippen LogP contribution in [0.4, 0.5) is 0 Å². The van der Waals surface area contributed by atoms with Crippen LogP contribution < -0.4 is 31.3 Å². The number of nitrogens with one attached hydrogen (secondary N) is 5.